The molecule has 0 bridgehead atoms. The van der Waals surface area contributed by atoms with Crippen molar-refractivity contribution in [3.63, 3.8) is 0 Å². The average molecular weight is 224 g/mol. The highest BCUT2D eigenvalue weighted by molar-refractivity contribution is 5.95. The third kappa shape index (κ3) is 4.16. The summed E-state index contributed by atoms with van der Waals surface area (Å²) in [5, 5.41) is 9.70. The standard InChI is InChI=1S/C12H20N2O2/c1-4-14(9-12(2,3)16)8-11(15)10-6-5-7-13-10/h5-7,13,16H,4,8-9H2,1-3H3. The predicted octanol–water partition coefficient (Wildman–Crippen LogP) is 1.29. The van der Waals surface area contributed by atoms with Gasteiger partial charge in [0.1, 0.15) is 0 Å². The molecule has 1 heterocycles. The fraction of sp³-hybridized carbons (Fsp3) is 0.583. The molecule has 0 saturated carbocycles. The summed E-state index contributed by atoms with van der Waals surface area (Å²) in [6.45, 7) is 7.05. The summed E-state index contributed by atoms with van der Waals surface area (Å²) in [6, 6.07) is 3.57. The zero-order valence-electron chi connectivity index (χ0n) is 10.2. The molecule has 2 N–H and O–H groups in total. The molecule has 90 valence electrons. The van der Waals surface area contributed by atoms with Crippen LogP contribution in [0.15, 0.2) is 18.3 Å². The fourth-order valence-corrected chi connectivity index (χ4v) is 1.62. The highest BCUT2D eigenvalue weighted by Crippen LogP contribution is 2.06. The number of likely N-dealkylation sites (N-methyl/N-ethyl adjacent to an activating group) is 1. The van der Waals surface area contributed by atoms with E-state index < -0.39 is 5.60 Å². The first-order valence-corrected chi connectivity index (χ1v) is 5.53. The molecule has 0 radical (unpaired) electrons. The summed E-state index contributed by atoms with van der Waals surface area (Å²) >= 11 is 0. The lowest BCUT2D eigenvalue weighted by molar-refractivity contribution is 0.0375. The number of nitrogens with one attached hydrogen (secondary N) is 1. The second-order valence-electron chi connectivity index (χ2n) is 4.62. The predicted molar refractivity (Wildman–Crippen MR) is 63.5 cm³/mol. The lowest BCUT2D eigenvalue weighted by Gasteiger charge is -2.27. The molecule has 0 saturated heterocycles. The minimum absolute atomic E-state index is 0.0519. The highest BCUT2D eigenvalue weighted by atomic mass is 16.3. The Balaban J connectivity index is 2.54. The maximum absolute atomic E-state index is 11.8. The smallest absolute Gasteiger partial charge is 0.192 e. The van der Waals surface area contributed by atoms with Gasteiger partial charge in [-0.3, -0.25) is 9.69 Å². The minimum atomic E-state index is -0.772. The van der Waals surface area contributed by atoms with Crippen LogP contribution >= 0.6 is 0 Å². The van der Waals surface area contributed by atoms with Crippen molar-refractivity contribution in [1.82, 2.24) is 9.88 Å². The Morgan fingerprint density at radius 3 is 2.69 bits per heavy atom. The zero-order valence-corrected chi connectivity index (χ0v) is 10.2. The second kappa shape index (κ2) is 5.27. The minimum Gasteiger partial charge on any atom is -0.389 e. The summed E-state index contributed by atoms with van der Waals surface area (Å²) in [7, 11) is 0. The van der Waals surface area contributed by atoms with E-state index in [1.54, 1.807) is 32.2 Å². The number of H-pyrrole nitrogens is 1. The first-order chi connectivity index (χ1) is 7.42. The third-order valence-electron chi connectivity index (χ3n) is 2.32. The second-order valence-corrected chi connectivity index (χ2v) is 4.62. The van der Waals surface area contributed by atoms with Crippen LogP contribution in [0.4, 0.5) is 0 Å². The molecule has 0 unspecified atom stereocenters. The number of rotatable bonds is 6. The van der Waals surface area contributed by atoms with E-state index in [-0.39, 0.29) is 5.78 Å². The molecule has 0 aliphatic carbocycles. The lowest BCUT2D eigenvalue weighted by Crippen LogP contribution is -2.41. The highest BCUT2D eigenvalue weighted by Gasteiger charge is 2.19. The molecule has 1 aromatic heterocycles. The van der Waals surface area contributed by atoms with E-state index in [4.69, 9.17) is 0 Å². The molecule has 0 aromatic carbocycles. The summed E-state index contributed by atoms with van der Waals surface area (Å²) in [4.78, 5) is 16.6. The molecular formula is C12H20N2O2. The number of aliphatic hydroxyl groups is 1. The Labute approximate surface area is 96.3 Å². The number of carbonyl (C=O) groups excluding carboxylic acids is 1. The first kappa shape index (κ1) is 12.9. The number of carbonyl (C=O) groups is 1. The summed E-state index contributed by atoms with van der Waals surface area (Å²) in [5.74, 6) is 0.0519. The van der Waals surface area contributed by atoms with Gasteiger partial charge in [0, 0.05) is 12.7 Å². The molecule has 1 aromatic rings. The van der Waals surface area contributed by atoms with Crippen molar-refractivity contribution in [2.45, 2.75) is 26.4 Å². The normalized spacial score (nSPS) is 12.1. The quantitative estimate of drug-likeness (QED) is 0.716. The molecule has 0 amide bonds. The Bertz CT molecular complexity index is 325. The molecule has 16 heavy (non-hydrogen) atoms. The van der Waals surface area contributed by atoms with Gasteiger partial charge < -0.3 is 10.1 Å². The van der Waals surface area contributed by atoms with E-state index in [9.17, 15) is 9.90 Å². The molecule has 0 fully saturated rings. The molecule has 1 rings (SSSR count). The van der Waals surface area contributed by atoms with Gasteiger partial charge in [0.2, 0.25) is 0 Å². The van der Waals surface area contributed by atoms with Gasteiger partial charge in [-0.25, -0.2) is 0 Å². The lowest BCUT2D eigenvalue weighted by atomic mass is 10.1. The number of hydrogen-bond donors (Lipinski definition) is 2. The summed E-state index contributed by atoms with van der Waals surface area (Å²) in [5.41, 5.74) is -0.152. The Morgan fingerprint density at radius 2 is 2.25 bits per heavy atom. The van der Waals surface area contributed by atoms with E-state index in [2.05, 4.69) is 4.98 Å². The fourth-order valence-electron chi connectivity index (χ4n) is 1.62. The van der Waals surface area contributed by atoms with Crippen LogP contribution in [-0.2, 0) is 0 Å². The number of aromatic nitrogens is 1. The number of Topliss-reactive ketones (excluding diaryl/α,β-unsaturated/α-hetero) is 1. The molecular weight excluding hydrogens is 204 g/mol. The summed E-state index contributed by atoms with van der Waals surface area (Å²) < 4.78 is 0. The van der Waals surface area contributed by atoms with Gasteiger partial charge in [0.05, 0.1) is 17.8 Å². The molecule has 0 spiro atoms. The average Bonchev–Trinajstić information content (AvgIpc) is 2.67. The van der Waals surface area contributed by atoms with Crippen molar-refractivity contribution >= 4 is 5.78 Å². The SMILES string of the molecule is CCN(CC(=O)c1ccc[nH]1)CC(C)(C)O. The van der Waals surface area contributed by atoms with Crippen LogP contribution in [0.25, 0.3) is 0 Å². The van der Waals surface area contributed by atoms with Crippen LogP contribution in [-0.4, -0.2) is 46.0 Å². The number of aromatic amines is 1. The van der Waals surface area contributed by atoms with Crippen molar-refractivity contribution in [1.29, 1.82) is 0 Å². The number of ketones is 1. The molecule has 4 nitrogen and oxygen atoms in total. The zero-order chi connectivity index (χ0) is 12.2. The molecule has 0 aliphatic rings. The number of nitrogens with zero attached hydrogens (tertiary/aromatic N) is 1. The summed E-state index contributed by atoms with van der Waals surface area (Å²) in [6.07, 6.45) is 1.74. The van der Waals surface area contributed by atoms with Crippen LogP contribution in [0.2, 0.25) is 0 Å². The van der Waals surface area contributed by atoms with E-state index in [0.29, 0.717) is 18.8 Å². The van der Waals surface area contributed by atoms with Crippen LogP contribution < -0.4 is 0 Å². The number of hydrogen-bond acceptors (Lipinski definition) is 3. The van der Waals surface area contributed by atoms with E-state index in [1.807, 2.05) is 11.8 Å². The largest absolute Gasteiger partial charge is 0.389 e. The van der Waals surface area contributed by atoms with Gasteiger partial charge in [-0.15, -0.1) is 0 Å². The third-order valence-corrected chi connectivity index (χ3v) is 2.32. The van der Waals surface area contributed by atoms with E-state index in [0.717, 1.165) is 6.54 Å². The molecule has 0 aliphatic heterocycles. The van der Waals surface area contributed by atoms with Crippen LogP contribution in [0.3, 0.4) is 0 Å². The van der Waals surface area contributed by atoms with Crippen LogP contribution in [0.5, 0.6) is 0 Å². The Morgan fingerprint density at radius 1 is 1.56 bits per heavy atom. The van der Waals surface area contributed by atoms with Crippen molar-refractivity contribution < 1.29 is 9.90 Å². The van der Waals surface area contributed by atoms with E-state index >= 15 is 0 Å². The van der Waals surface area contributed by atoms with Crippen molar-refractivity contribution in [2.24, 2.45) is 0 Å². The van der Waals surface area contributed by atoms with Gasteiger partial charge in [-0.05, 0) is 32.5 Å². The monoisotopic (exact) mass is 224 g/mol. The maximum atomic E-state index is 11.8. The van der Waals surface area contributed by atoms with Gasteiger partial charge >= 0.3 is 0 Å². The Kier molecular flexibility index (Phi) is 4.26. The van der Waals surface area contributed by atoms with Crippen LogP contribution in [0, 0.1) is 0 Å². The van der Waals surface area contributed by atoms with Crippen LogP contribution in [0.1, 0.15) is 31.3 Å². The molecule has 0 atom stereocenters. The maximum Gasteiger partial charge on any atom is 0.192 e. The topological polar surface area (TPSA) is 56.3 Å². The van der Waals surface area contributed by atoms with Gasteiger partial charge in [0.25, 0.3) is 0 Å². The molecule has 4 heteroatoms. The van der Waals surface area contributed by atoms with Gasteiger partial charge in [0.15, 0.2) is 5.78 Å². The van der Waals surface area contributed by atoms with Gasteiger partial charge in [-0.1, -0.05) is 6.92 Å². The van der Waals surface area contributed by atoms with E-state index in [1.165, 1.54) is 0 Å². The Hall–Kier alpha value is -1.13. The van der Waals surface area contributed by atoms with Crippen molar-refractivity contribution in [3.8, 4) is 0 Å². The van der Waals surface area contributed by atoms with Crippen molar-refractivity contribution in [2.75, 3.05) is 19.6 Å². The first-order valence-electron chi connectivity index (χ1n) is 5.53. The van der Waals surface area contributed by atoms with Gasteiger partial charge in [-0.2, -0.15) is 0 Å². The van der Waals surface area contributed by atoms with Crippen molar-refractivity contribution in [3.05, 3.63) is 24.0 Å².